The maximum atomic E-state index is 5.42. The molecule has 7 heteroatoms. The number of nitrogens with one attached hydrogen (secondary N) is 1. The Hall–Kier alpha value is -2.12. The summed E-state index contributed by atoms with van der Waals surface area (Å²) in [6.07, 6.45) is 0. The molecule has 1 aromatic heterocycles. The molecule has 1 N–H and O–H groups in total. The fourth-order valence-electron chi connectivity index (χ4n) is 2.51. The van der Waals surface area contributed by atoms with E-state index in [1.165, 1.54) is 0 Å². The Kier molecular flexibility index (Phi) is 4.26. The van der Waals surface area contributed by atoms with E-state index in [1.54, 1.807) is 20.3 Å². The zero-order chi connectivity index (χ0) is 15.5. The molecule has 0 spiro atoms. The summed E-state index contributed by atoms with van der Waals surface area (Å²) in [6, 6.07) is 5.63. The Bertz CT molecular complexity index is 621. The summed E-state index contributed by atoms with van der Waals surface area (Å²) in [7, 11) is 5.29. The summed E-state index contributed by atoms with van der Waals surface area (Å²) in [5.74, 6) is 2.52. The van der Waals surface area contributed by atoms with Crippen LogP contribution >= 0.6 is 0 Å². The lowest BCUT2D eigenvalue weighted by molar-refractivity contribution is 0.190. The highest BCUT2D eigenvalue weighted by Gasteiger charge is 2.25. The minimum Gasteiger partial charge on any atom is -0.497 e. The van der Waals surface area contributed by atoms with Gasteiger partial charge in [0, 0.05) is 31.3 Å². The van der Waals surface area contributed by atoms with Crippen LogP contribution in [0.1, 0.15) is 11.9 Å². The Morgan fingerprint density at radius 1 is 1.23 bits per heavy atom. The van der Waals surface area contributed by atoms with Crippen LogP contribution in [0.3, 0.4) is 0 Å². The van der Waals surface area contributed by atoms with Gasteiger partial charge in [0.15, 0.2) is 5.82 Å². The first-order valence-corrected chi connectivity index (χ1v) is 7.19. The maximum absolute atomic E-state index is 5.42. The zero-order valence-electron chi connectivity index (χ0n) is 13.0. The largest absolute Gasteiger partial charge is 0.497 e. The number of methoxy groups -OCH3 is 2. The third-order valence-electron chi connectivity index (χ3n) is 3.85. The number of nitrogens with zero attached hydrogens (tertiary/aromatic N) is 3. The highest BCUT2D eigenvalue weighted by atomic mass is 16.5. The fraction of sp³-hybridized carbons (Fsp3) is 0.467. The molecule has 1 aliphatic heterocycles. The van der Waals surface area contributed by atoms with Crippen LogP contribution in [0.5, 0.6) is 11.5 Å². The number of ether oxygens (including phenoxy) is 2. The number of piperazine rings is 1. The molecule has 1 aromatic carbocycles. The van der Waals surface area contributed by atoms with E-state index >= 15 is 0 Å². The van der Waals surface area contributed by atoms with E-state index < -0.39 is 0 Å². The van der Waals surface area contributed by atoms with Crippen molar-refractivity contribution in [2.75, 3.05) is 40.9 Å². The van der Waals surface area contributed by atoms with Crippen molar-refractivity contribution in [2.24, 2.45) is 0 Å². The van der Waals surface area contributed by atoms with Gasteiger partial charge in [-0.2, -0.15) is 4.98 Å². The molecule has 22 heavy (non-hydrogen) atoms. The van der Waals surface area contributed by atoms with E-state index in [9.17, 15) is 0 Å². The van der Waals surface area contributed by atoms with Crippen molar-refractivity contribution in [1.29, 1.82) is 0 Å². The topological polar surface area (TPSA) is 72.7 Å². The van der Waals surface area contributed by atoms with E-state index in [0.29, 0.717) is 23.2 Å². The number of rotatable bonds is 4. The predicted octanol–water partition coefficient (Wildman–Crippen LogP) is 1.33. The summed E-state index contributed by atoms with van der Waals surface area (Å²) in [4.78, 5) is 6.75. The molecule has 0 amide bonds. The zero-order valence-corrected chi connectivity index (χ0v) is 13.0. The van der Waals surface area contributed by atoms with E-state index in [4.69, 9.17) is 14.0 Å². The first kappa shape index (κ1) is 14.8. The molecule has 1 saturated heterocycles. The molecule has 2 aromatic rings. The van der Waals surface area contributed by atoms with Crippen LogP contribution in [-0.4, -0.2) is 55.9 Å². The van der Waals surface area contributed by atoms with Crippen LogP contribution in [0.2, 0.25) is 0 Å². The Morgan fingerprint density at radius 2 is 1.95 bits per heavy atom. The lowest BCUT2D eigenvalue weighted by atomic mass is 10.2. The molecule has 1 unspecified atom stereocenters. The highest BCUT2D eigenvalue weighted by Crippen LogP contribution is 2.29. The van der Waals surface area contributed by atoms with Crippen molar-refractivity contribution < 1.29 is 14.0 Å². The number of likely N-dealkylation sites (N-methyl/N-ethyl adjacent to an activating group) is 1. The molecule has 0 aliphatic carbocycles. The van der Waals surface area contributed by atoms with Gasteiger partial charge in [-0.15, -0.1) is 0 Å². The van der Waals surface area contributed by atoms with E-state index in [1.807, 2.05) is 12.1 Å². The third kappa shape index (κ3) is 2.90. The van der Waals surface area contributed by atoms with Gasteiger partial charge in [-0.1, -0.05) is 5.16 Å². The second-order valence-corrected chi connectivity index (χ2v) is 5.26. The molecule has 0 bridgehead atoms. The van der Waals surface area contributed by atoms with Gasteiger partial charge in [-0.25, -0.2) is 0 Å². The molecular weight excluding hydrogens is 284 g/mol. The van der Waals surface area contributed by atoms with Crippen molar-refractivity contribution in [1.82, 2.24) is 20.4 Å². The molecule has 1 atom stereocenters. The first-order chi connectivity index (χ1) is 10.7. The van der Waals surface area contributed by atoms with Crippen molar-refractivity contribution in [3.05, 3.63) is 24.0 Å². The molecule has 2 heterocycles. The van der Waals surface area contributed by atoms with Crippen LogP contribution in [0.4, 0.5) is 0 Å². The van der Waals surface area contributed by atoms with E-state index in [-0.39, 0.29) is 6.04 Å². The van der Waals surface area contributed by atoms with Crippen LogP contribution in [0.15, 0.2) is 22.7 Å². The summed E-state index contributed by atoms with van der Waals surface area (Å²) in [5.41, 5.74) is 0.779. The van der Waals surface area contributed by atoms with Gasteiger partial charge in [0.2, 0.25) is 0 Å². The molecule has 0 radical (unpaired) electrons. The smallest absolute Gasteiger partial charge is 0.258 e. The van der Waals surface area contributed by atoms with Crippen molar-refractivity contribution in [3.8, 4) is 23.0 Å². The fourth-order valence-corrected chi connectivity index (χ4v) is 2.51. The quantitative estimate of drug-likeness (QED) is 0.913. The van der Waals surface area contributed by atoms with Crippen molar-refractivity contribution in [3.63, 3.8) is 0 Å². The second kappa shape index (κ2) is 6.33. The third-order valence-corrected chi connectivity index (χ3v) is 3.85. The van der Waals surface area contributed by atoms with E-state index in [2.05, 4.69) is 27.4 Å². The van der Waals surface area contributed by atoms with Crippen LogP contribution in [-0.2, 0) is 0 Å². The predicted molar refractivity (Wildman–Crippen MR) is 81.1 cm³/mol. The van der Waals surface area contributed by atoms with Gasteiger partial charge >= 0.3 is 0 Å². The van der Waals surface area contributed by atoms with Crippen molar-refractivity contribution >= 4 is 0 Å². The standard InChI is InChI=1S/C15H20N4O3/c1-19-5-4-16-9-13(19)14-17-15(22-18-14)10-6-11(20-2)8-12(7-10)21-3/h6-8,13,16H,4-5,9H2,1-3H3. The Morgan fingerprint density at radius 3 is 2.59 bits per heavy atom. The highest BCUT2D eigenvalue weighted by molar-refractivity contribution is 5.59. The number of aromatic nitrogens is 2. The minimum atomic E-state index is 0.124. The SMILES string of the molecule is COc1cc(OC)cc(-c2nc(C3CNCCN3C)no2)c1. The molecule has 1 aliphatic rings. The lowest BCUT2D eigenvalue weighted by Gasteiger charge is -2.30. The molecule has 3 rings (SSSR count). The number of hydrogen-bond donors (Lipinski definition) is 1. The number of hydrogen-bond acceptors (Lipinski definition) is 7. The monoisotopic (exact) mass is 304 g/mol. The summed E-state index contributed by atoms with van der Waals surface area (Å²) in [6.45, 7) is 2.75. The van der Waals surface area contributed by atoms with Gasteiger partial charge in [0.05, 0.1) is 20.3 Å². The molecule has 7 nitrogen and oxygen atoms in total. The average Bonchev–Trinajstić information content (AvgIpc) is 3.04. The second-order valence-electron chi connectivity index (χ2n) is 5.26. The Balaban J connectivity index is 1.90. The minimum absolute atomic E-state index is 0.124. The van der Waals surface area contributed by atoms with Crippen LogP contribution < -0.4 is 14.8 Å². The van der Waals surface area contributed by atoms with Gasteiger partial charge in [-0.3, -0.25) is 4.90 Å². The van der Waals surface area contributed by atoms with Crippen molar-refractivity contribution in [2.45, 2.75) is 6.04 Å². The summed E-state index contributed by atoms with van der Waals surface area (Å²) in [5, 5.41) is 7.47. The molecule has 0 saturated carbocycles. The molecule has 1 fully saturated rings. The average molecular weight is 304 g/mol. The van der Waals surface area contributed by atoms with Crippen LogP contribution in [0, 0.1) is 0 Å². The first-order valence-electron chi connectivity index (χ1n) is 7.19. The normalized spacial score (nSPS) is 19.1. The lowest BCUT2D eigenvalue weighted by Crippen LogP contribution is -2.44. The van der Waals surface area contributed by atoms with Gasteiger partial charge in [-0.05, 0) is 19.2 Å². The number of benzene rings is 1. The maximum Gasteiger partial charge on any atom is 0.258 e. The molecular formula is C15H20N4O3. The van der Waals surface area contributed by atoms with Gasteiger partial charge in [0.1, 0.15) is 11.5 Å². The van der Waals surface area contributed by atoms with Gasteiger partial charge in [0.25, 0.3) is 5.89 Å². The van der Waals surface area contributed by atoms with Gasteiger partial charge < -0.3 is 19.3 Å². The molecule has 118 valence electrons. The van der Waals surface area contributed by atoms with Crippen LogP contribution in [0.25, 0.3) is 11.5 Å². The summed E-state index contributed by atoms with van der Waals surface area (Å²) >= 11 is 0. The van der Waals surface area contributed by atoms with E-state index in [0.717, 1.165) is 25.2 Å². The summed E-state index contributed by atoms with van der Waals surface area (Å²) < 4.78 is 16.0. The Labute approximate surface area is 129 Å².